The zero-order valence-corrected chi connectivity index (χ0v) is 9.85. The van der Waals surface area contributed by atoms with Gasteiger partial charge in [0, 0.05) is 0 Å². The topological polar surface area (TPSA) is 93.8 Å². The van der Waals surface area contributed by atoms with Crippen molar-refractivity contribution in [2.24, 2.45) is 0 Å². The zero-order chi connectivity index (χ0) is 14.8. The van der Waals surface area contributed by atoms with Crippen LogP contribution in [0.5, 0.6) is 0 Å². The number of alkyl halides is 3. The van der Waals surface area contributed by atoms with Gasteiger partial charge in [-0.3, -0.25) is 4.79 Å². The van der Waals surface area contributed by atoms with Crippen molar-refractivity contribution in [1.82, 2.24) is 15.2 Å². The van der Waals surface area contributed by atoms with E-state index in [4.69, 9.17) is 5.73 Å². The molecule has 0 aliphatic rings. The van der Waals surface area contributed by atoms with Gasteiger partial charge in [-0.1, -0.05) is 0 Å². The maximum absolute atomic E-state index is 12.3. The molecule has 9 heteroatoms. The number of anilines is 2. The summed E-state index contributed by atoms with van der Waals surface area (Å²) in [5.74, 6) is -0.519. The van der Waals surface area contributed by atoms with E-state index in [0.717, 1.165) is 6.07 Å². The van der Waals surface area contributed by atoms with Crippen molar-refractivity contribution in [3.05, 3.63) is 41.9 Å². The standard InChI is InChI=1S/C11H8F3N5O/c12-11(13,14)8-3-2-7(18-19-8)10(20)17-9-4-1-6(15)5-16-9/h1-5H,15H2,(H,16,17,20). The van der Waals surface area contributed by atoms with Crippen LogP contribution in [-0.2, 0) is 6.18 Å². The molecule has 0 spiro atoms. The van der Waals surface area contributed by atoms with Gasteiger partial charge in [0.2, 0.25) is 0 Å². The van der Waals surface area contributed by atoms with Crippen LogP contribution < -0.4 is 11.1 Å². The Bertz CT molecular complexity index is 609. The van der Waals surface area contributed by atoms with E-state index in [-0.39, 0.29) is 11.5 Å². The molecule has 0 aromatic carbocycles. The number of nitrogens with one attached hydrogen (secondary N) is 1. The van der Waals surface area contributed by atoms with E-state index < -0.39 is 17.8 Å². The second-order valence-corrected chi connectivity index (χ2v) is 3.73. The molecule has 0 fully saturated rings. The number of amides is 1. The largest absolute Gasteiger partial charge is 0.435 e. The number of pyridine rings is 1. The van der Waals surface area contributed by atoms with Gasteiger partial charge in [-0.05, 0) is 24.3 Å². The normalized spacial score (nSPS) is 11.2. The first kappa shape index (κ1) is 13.7. The summed E-state index contributed by atoms with van der Waals surface area (Å²) in [6, 6.07) is 4.58. The Hall–Kier alpha value is -2.71. The molecule has 0 radical (unpaired) electrons. The lowest BCUT2D eigenvalue weighted by atomic mass is 10.3. The number of rotatable bonds is 2. The maximum Gasteiger partial charge on any atom is 0.435 e. The summed E-state index contributed by atoms with van der Waals surface area (Å²) in [5.41, 5.74) is 4.42. The molecule has 2 rings (SSSR count). The predicted octanol–water partition coefficient (Wildman–Crippen LogP) is 1.72. The molecule has 0 saturated carbocycles. The first-order chi connectivity index (χ1) is 9.36. The van der Waals surface area contributed by atoms with Crippen LogP contribution in [0.2, 0.25) is 0 Å². The highest BCUT2D eigenvalue weighted by Gasteiger charge is 2.33. The Kier molecular flexibility index (Phi) is 3.51. The summed E-state index contributed by atoms with van der Waals surface area (Å²) in [6.07, 6.45) is -3.27. The van der Waals surface area contributed by atoms with Crippen molar-refractivity contribution >= 4 is 17.4 Å². The molecule has 20 heavy (non-hydrogen) atoms. The summed E-state index contributed by atoms with van der Waals surface area (Å²) >= 11 is 0. The number of nitrogen functional groups attached to an aromatic ring is 1. The number of hydrogen-bond acceptors (Lipinski definition) is 5. The first-order valence-corrected chi connectivity index (χ1v) is 5.30. The fraction of sp³-hybridized carbons (Fsp3) is 0.0909. The summed E-state index contributed by atoms with van der Waals surface area (Å²) < 4.78 is 36.8. The summed E-state index contributed by atoms with van der Waals surface area (Å²) in [7, 11) is 0. The van der Waals surface area contributed by atoms with Crippen LogP contribution in [0.3, 0.4) is 0 Å². The zero-order valence-electron chi connectivity index (χ0n) is 9.85. The average Bonchev–Trinajstić information content (AvgIpc) is 2.40. The molecule has 0 aliphatic heterocycles. The van der Waals surface area contributed by atoms with Gasteiger partial charge in [-0.25, -0.2) is 4.98 Å². The Balaban J connectivity index is 2.11. The van der Waals surface area contributed by atoms with E-state index in [1.165, 1.54) is 18.3 Å². The van der Waals surface area contributed by atoms with Gasteiger partial charge in [-0.2, -0.15) is 13.2 Å². The molecule has 0 atom stereocenters. The lowest BCUT2D eigenvalue weighted by molar-refractivity contribution is -0.141. The lowest BCUT2D eigenvalue weighted by Crippen LogP contribution is -2.17. The highest BCUT2D eigenvalue weighted by atomic mass is 19.4. The molecule has 2 aromatic rings. The van der Waals surface area contributed by atoms with Crippen LogP contribution >= 0.6 is 0 Å². The van der Waals surface area contributed by atoms with E-state index in [0.29, 0.717) is 11.8 Å². The van der Waals surface area contributed by atoms with Gasteiger partial charge < -0.3 is 11.1 Å². The van der Waals surface area contributed by atoms with Crippen molar-refractivity contribution in [2.45, 2.75) is 6.18 Å². The second kappa shape index (κ2) is 5.11. The van der Waals surface area contributed by atoms with E-state index in [1.54, 1.807) is 0 Å². The van der Waals surface area contributed by atoms with Crippen molar-refractivity contribution in [3.63, 3.8) is 0 Å². The summed E-state index contributed by atoms with van der Waals surface area (Å²) in [5, 5.41) is 8.53. The Morgan fingerprint density at radius 2 is 1.90 bits per heavy atom. The third-order valence-corrected chi connectivity index (χ3v) is 2.22. The smallest absolute Gasteiger partial charge is 0.397 e. The van der Waals surface area contributed by atoms with Gasteiger partial charge in [0.1, 0.15) is 5.82 Å². The molecular formula is C11H8F3N5O. The fourth-order valence-electron chi connectivity index (χ4n) is 1.26. The van der Waals surface area contributed by atoms with E-state index in [9.17, 15) is 18.0 Å². The Labute approximate surface area is 110 Å². The molecular weight excluding hydrogens is 275 g/mol. The molecule has 0 bridgehead atoms. The van der Waals surface area contributed by atoms with Gasteiger partial charge >= 0.3 is 6.18 Å². The van der Waals surface area contributed by atoms with E-state index in [1.807, 2.05) is 0 Å². The number of halogens is 3. The summed E-state index contributed by atoms with van der Waals surface area (Å²) in [6.45, 7) is 0. The van der Waals surface area contributed by atoms with Crippen molar-refractivity contribution in [3.8, 4) is 0 Å². The number of carbonyl (C=O) groups is 1. The first-order valence-electron chi connectivity index (χ1n) is 5.30. The molecule has 3 N–H and O–H groups in total. The molecule has 0 aliphatic carbocycles. The fourth-order valence-corrected chi connectivity index (χ4v) is 1.26. The molecule has 0 unspecified atom stereocenters. The molecule has 2 heterocycles. The monoisotopic (exact) mass is 283 g/mol. The lowest BCUT2D eigenvalue weighted by Gasteiger charge is -2.06. The van der Waals surface area contributed by atoms with Crippen LogP contribution in [0.15, 0.2) is 30.5 Å². The number of hydrogen-bond donors (Lipinski definition) is 2. The average molecular weight is 283 g/mol. The van der Waals surface area contributed by atoms with Crippen LogP contribution in [0.4, 0.5) is 24.7 Å². The van der Waals surface area contributed by atoms with Crippen molar-refractivity contribution in [1.29, 1.82) is 0 Å². The number of nitrogens with two attached hydrogens (primary N) is 1. The van der Waals surface area contributed by atoms with Crippen LogP contribution in [0.25, 0.3) is 0 Å². The minimum atomic E-state index is -4.60. The molecule has 104 valence electrons. The molecule has 1 amide bonds. The minimum absolute atomic E-state index is 0.200. The van der Waals surface area contributed by atoms with Crippen molar-refractivity contribution in [2.75, 3.05) is 11.1 Å². The maximum atomic E-state index is 12.3. The van der Waals surface area contributed by atoms with E-state index in [2.05, 4.69) is 20.5 Å². The highest BCUT2D eigenvalue weighted by molar-refractivity contribution is 6.02. The van der Waals surface area contributed by atoms with Crippen LogP contribution in [-0.4, -0.2) is 21.1 Å². The quantitative estimate of drug-likeness (QED) is 0.875. The third-order valence-electron chi connectivity index (χ3n) is 2.22. The second-order valence-electron chi connectivity index (χ2n) is 3.73. The van der Waals surface area contributed by atoms with Gasteiger partial charge in [0.05, 0.1) is 11.9 Å². The molecule has 0 saturated heterocycles. The van der Waals surface area contributed by atoms with Crippen molar-refractivity contribution < 1.29 is 18.0 Å². The third kappa shape index (κ3) is 3.19. The number of nitrogens with zero attached hydrogens (tertiary/aromatic N) is 3. The van der Waals surface area contributed by atoms with Gasteiger partial charge in [0.15, 0.2) is 11.4 Å². The number of carbonyl (C=O) groups excluding carboxylic acids is 1. The highest BCUT2D eigenvalue weighted by Crippen LogP contribution is 2.26. The predicted molar refractivity (Wildman–Crippen MR) is 63.6 cm³/mol. The van der Waals surface area contributed by atoms with Crippen LogP contribution in [0, 0.1) is 0 Å². The SMILES string of the molecule is Nc1ccc(NC(=O)c2ccc(C(F)(F)F)nn2)nc1. The van der Waals surface area contributed by atoms with Crippen LogP contribution in [0.1, 0.15) is 16.2 Å². The van der Waals surface area contributed by atoms with Gasteiger partial charge in [-0.15, -0.1) is 10.2 Å². The van der Waals surface area contributed by atoms with Gasteiger partial charge in [0.25, 0.3) is 5.91 Å². The summed E-state index contributed by atoms with van der Waals surface area (Å²) in [4.78, 5) is 15.5. The number of aromatic nitrogens is 3. The Morgan fingerprint density at radius 3 is 2.40 bits per heavy atom. The molecule has 6 nitrogen and oxygen atoms in total. The Morgan fingerprint density at radius 1 is 1.15 bits per heavy atom. The minimum Gasteiger partial charge on any atom is -0.397 e. The van der Waals surface area contributed by atoms with E-state index >= 15 is 0 Å². The molecule has 2 aromatic heterocycles.